The molecule has 2 N–H and O–H groups in total. The summed E-state index contributed by atoms with van der Waals surface area (Å²) in [5.41, 5.74) is 8.15. The number of fused-ring (bicyclic) bond motifs is 2. The molecule has 4 aromatic rings. The van der Waals surface area contributed by atoms with Gasteiger partial charge in [-0.05, 0) is 44.9 Å². The van der Waals surface area contributed by atoms with Crippen LogP contribution in [-0.2, 0) is 4.74 Å². The summed E-state index contributed by atoms with van der Waals surface area (Å²) in [7, 11) is 0. The Morgan fingerprint density at radius 1 is 1.09 bits per heavy atom. The molecule has 0 spiro atoms. The van der Waals surface area contributed by atoms with Crippen LogP contribution in [0.1, 0.15) is 26.7 Å². The first-order chi connectivity index (χ1) is 15.5. The topological polar surface area (TPSA) is 104 Å². The summed E-state index contributed by atoms with van der Waals surface area (Å²) in [4.78, 5) is 11.4. The summed E-state index contributed by atoms with van der Waals surface area (Å²) in [6, 6.07) is 7.88. The van der Waals surface area contributed by atoms with Crippen LogP contribution in [0.4, 0.5) is 5.82 Å². The fourth-order valence-electron chi connectivity index (χ4n) is 4.64. The summed E-state index contributed by atoms with van der Waals surface area (Å²) in [6.45, 7) is 5.76. The van der Waals surface area contributed by atoms with Crippen LogP contribution in [0.5, 0.6) is 5.88 Å². The Morgan fingerprint density at radius 2 is 1.91 bits per heavy atom. The maximum absolute atomic E-state index is 6.22. The fraction of sp³-hybridized carbons (Fsp3) is 0.435. The Morgan fingerprint density at radius 3 is 2.69 bits per heavy atom. The number of nitrogens with two attached hydrogens (primary N) is 1. The Kier molecular flexibility index (Phi) is 4.55. The average molecular weight is 435 g/mol. The lowest BCUT2D eigenvalue weighted by Gasteiger charge is -2.36. The lowest BCUT2D eigenvalue weighted by Crippen LogP contribution is -2.45. The number of furan rings is 1. The second-order valence-electron chi connectivity index (χ2n) is 8.88. The van der Waals surface area contributed by atoms with Crippen LogP contribution in [0.15, 0.2) is 41.1 Å². The van der Waals surface area contributed by atoms with Gasteiger partial charge in [-0.3, -0.25) is 0 Å². The van der Waals surface area contributed by atoms with E-state index in [4.69, 9.17) is 19.6 Å². The Hall–Kier alpha value is -3.17. The average Bonchev–Trinajstić information content (AvgIpc) is 3.35. The molecular formula is C23H26N6O3. The van der Waals surface area contributed by atoms with Crippen LogP contribution in [0.3, 0.4) is 0 Å². The Balaban J connectivity index is 1.37. The summed E-state index contributed by atoms with van der Waals surface area (Å²) in [5.74, 6) is 2.15. The van der Waals surface area contributed by atoms with E-state index in [1.165, 1.54) is 0 Å². The second kappa shape index (κ2) is 7.46. The van der Waals surface area contributed by atoms with Crippen LogP contribution < -0.4 is 15.4 Å². The van der Waals surface area contributed by atoms with Crippen molar-refractivity contribution < 1.29 is 13.9 Å². The molecule has 1 aliphatic heterocycles. The first kappa shape index (κ1) is 19.5. The number of hydrogen-bond donors (Lipinski definition) is 1. The zero-order valence-corrected chi connectivity index (χ0v) is 18.1. The van der Waals surface area contributed by atoms with Gasteiger partial charge < -0.3 is 24.5 Å². The van der Waals surface area contributed by atoms with Crippen molar-refractivity contribution >= 4 is 22.4 Å². The van der Waals surface area contributed by atoms with E-state index in [1.54, 1.807) is 16.9 Å². The number of aromatic nitrogens is 4. The van der Waals surface area contributed by atoms with Crippen LogP contribution >= 0.6 is 0 Å². The summed E-state index contributed by atoms with van der Waals surface area (Å²) in [5, 5.41) is 5.62. The molecule has 2 unspecified atom stereocenters. The van der Waals surface area contributed by atoms with Gasteiger partial charge in [-0.2, -0.15) is 0 Å². The fourth-order valence-corrected chi connectivity index (χ4v) is 4.64. The zero-order chi connectivity index (χ0) is 21.8. The van der Waals surface area contributed by atoms with Crippen molar-refractivity contribution in [1.82, 2.24) is 19.6 Å². The van der Waals surface area contributed by atoms with Gasteiger partial charge in [0.25, 0.3) is 0 Å². The standard InChI is InChI=1S/C23H26N6O3/c1-13-11-28(12-14(2)30-13)23-17-9-20(32-19(17)5-6-25-23)18-10-26-21-3-4-22(27-29(18)21)31-16-7-15(24)8-16/h3-6,9-10,13-16H,7-8,11-12,24H2,1-2H3. The third kappa shape index (κ3) is 3.37. The van der Waals surface area contributed by atoms with Gasteiger partial charge in [0.2, 0.25) is 5.88 Å². The molecule has 32 heavy (non-hydrogen) atoms. The smallest absolute Gasteiger partial charge is 0.232 e. The van der Waals surface area contributed by atoms with Gasteiger partial charge in [0.1, 0.15) is 23.2 Å². The molecular weight excluding hydrogens is 408 g/mol. The van der Waals surface area contributed by atoms with Gasteiger partial charge in [0, 0.05) is 31.4 Å². The number of ether oxygens (including phenoxy) is 2. The third-order valence-corrected chi connectivity index (χ3v) is 6.15. The zero-order valence-electron chi connectivity index (χ0n) is 18.1. The summed E-state index contributed by atoms with van der Waals surface area (Å²) in [6.07, 6.45) is 5.69. The van der Waals surface area contributed by atoms with E-state index in [0.29, 0.717) is 11.6 Å². The lowest BCUT2D eigenvalue weighted by molar-refractivity contribution is -0.00536. The molecule has 1 saturated heterocycles. The number of hydrogen-bond acceptors (Lipinski definition) is 8. The van der Waals surface area contributed by atoms with E-state index in [0.717, 1.165) is 54.1 Å². The normalized spacial score (nSPS) is 25.9. The first-order valence-electron chi connectivity index (χ1n) is 11.1. The highest BCUT2D eigenvalue weighted by atomic mass is 16.5. The summed E-state index contributed by atoms with van der Waals surface area (Å²) >= 11 is 0. The van der Waals surface area contributed by atoms with Gasteiger partial charge >= 0.3 is 0 Å². The number of rotatable bonds is 4. The molecule has 5 heterocycles. The molecule has 9 heteroatoms. The van der Waals surface area contributed by atoms with Crippen molar-refractivity contribution in [3.8, 4) is 17.3 Å². The van der Waals surface area contributed by atoms with Crippen molar-refractivity contribution in [2.75, 3.05) is 18.0 Å². The second-order valence-corrected chi connectivity index (χ2v) is 8.88. The molecule has 1 aliphatic carbocycles. The quantitative estimate of drug-likeness (QED) is 0.523. The van der Waals surface area contributed by atoms with Gasteiger partial charge in [-0.25, -0.2) is 14.5 Å². The molecule has 1 saturated carbocycles. The molecule has 166 valence electrons. The number of nitrogens with zero attached hydrogens (tertiary/aromatic N) is 5. The molecule has 0 aromatic carbocycles. The van der Waals surface area contributed by atoms with Gasteiger partial charge in [0.05, 0.1) is 23.8 Å². The van der Waals surface area contributed by atoms with Crippen LogP contribution in [0.25, 0.3) is 28.1 Å². The van der Waals surface area contributed by atoms with Crippen molar-refractivity contribution in [2.45, 2.75) is 51.0 Å². The minimum Gasteiger partial charge on any atom is -0.473 e. The van der Waals surface area contributed by atoms with Crippen LogP contribution in [0.2, 0.25) is 0 Å². The van der Waals surface area contributed by atoms with Gasteiger partial charge in [-0.15, -0.1) is 5.10 Å². The number of morpholine rings is 1. The Labute approximate surface area is 185 Å². The van der Waals surface area contributed by atoms with E-state index in [-0.39, 0.29) is 24.4 Å². The van der Waals surface area contributed by atoms with E-state index in [1.807, 2.05) is 24.3 Å². The predicted octanol–water partition coefficient (Wildman–Crippen LogP) is 3.02. The van der Waals surface area contributed by atoms with Gasteiger partial charge in [-0.1, -0.05) is 0 Å². The van der Waals surface area contributed by atoms with Crippen LogP contribution in [0, 0.1) is 0 Å². The Bertz CT molecular complexity index is 1270. The molecule has 0 amide bonds. The van der Waals surface area contributed by atoms with Crippen molar-refractivity contribution in [3.05, 3.63) is 36.7 Å². The van der Waals surface area contributed by atoms with Crippen molar-refractivity contribution in [3.63, 3.8) is 0 Å². The maximum atomic E-state index is 6.22. The van der Waals surface area contributed by atoms with Gasteiger partial charge in [0.15, 0.2) is 11.4 Å². The molecule has 9 nitrogen and oxygen atoms in total. The maximum Gasteiger partial charge on any atom is 0.232 e. The molecule has 2 aliphatic rings. The molecule has 6 rings (SSSR count). The molecule has 4 aromatic heterocycles. The molecule has 2 fully saturated rings. The predicted molar refractivity (Wildman–Crippen MR) is 120 cm³/mol. The monoisotopic (exact) mass is 434 g/mol. The largest absolute Gasteiger partial charge is 0.473 e. The number of pyridine rings is 1. The minimum absolute atomic E-state index is 0.125. The molecule has 2 atom stereocenters. The highest BCUT2D eigenvalue weighted by Crippen LogP contribution is 2.34. The lowest BCUT2D eigenvalue weighted by atomic mass is 9.90. The van der Waals surface area contributed by atoms with E-state index < -0.39 is 0 Å². The van der Waals surface area contributed by atoms with E-state index >= 15 is 0 Å². The van der Waals surface area contributed by atoms with Crippen LogP contribution in [-0.4, -0.2) is 57.0 Å². The molecule has 0 bridgehead atoms. The SMILES string of the molecule is CC1CN(c2nccc3oc(-c4cnc5ccc(OC6CC(N)C6)nn45)cc23)CC(C)O1. The summed E-state index contributed by atoms with van der Waals surface area (Å²) < 4.78 is 19.8. The highest BCUT2D eigenvalue weighted by Gasteiger charge is 2.28. The van der Waals surface area contributed by atoms with E-state index in [9.17, 15) is 0 Å². The molecule has 0 radical (unpaired) electrons. The number of anilines is 1. The highest BCUT2D eigenvalue weighted by molar-refractivity contribution is 5.92. The first-order valence-corrected chi connectivity index (χ1v) is 11.1. The van der Waals surface area contributed by atoms with E-state index in [2.05, 4.69) is 33.8 Å². The minimum atomic E-state index is 0.125. The van der Waals surface area contributed by atoms with Crippen molar-refractivity contribution in [1.29, 1.82) is 0 Å². The van der Waals surface area contributed by atoms with Crippen molar-refractivity contribution in [2.24, 2.45) is 5.73 Å². The number of imidazole rings is 1. The third-order valence-electron chi connectivity index (χ3n) is 6.15.